The Morgan fingerprint density at radius 2 is 2.23 bits per heavy atom. The van der Waals surface area contributed by atoms with Gasteiger partial charge in [-0.3, -0.25) is 4.79 Å². The molecule has 0 saturated carbocycles. The number of amides is 1. The van der Waals surface area contributed by atoms with Crippen LogP contribution in [-0.4, -0.2) is 36.5 Å². The van der Waals surface area contributed by atoms with Gasteiger partial charge in [-0.05, 0) is 49.9 Å². The second-order valence-electron chi connectivity index (χ2n) is 6.22. The van der Waals surface area contributed by atoms with Crippen molar-refractivity contribution < 1.29 is 9.53 Å². The zero-order chi connectivity index (χ0) is 15.6. The van der Waals surface area contributed by atoms with E-state index in [1.165, 1.54) is 0 Å². The molecule has 0 aromatic heterocycles. The van der Waals surface area contributed by atoms with Gasteiger partial charge in [-0.1, -0.05) is 24.6 Å². The molecule has 1 aromatic rings. The van der Waals surface area contributed by atoms with Gasteiger partial charge in [-0.25, -0.2) is 0 Å². The van der Waals surface area contributed by atoms with E-state index < -0.39 is 6.10 Å². The van der Waals surface area contributed by atoms with Crippen molar-refractivity contribution in [3.8, 4) is 5.75 Å². The Hall–Kier alpha value is -0.970. The van der Waals surface area contributed by atoms with E-state index in [9.17, 15) is 4.79 Å². The zero-order valence-corrected chi connectivity index (χ0v) is 14.8. The molecule has 1 aliphatic rings. The molecular weight excluding hydrogens is 323 g/mol. The van der Waals surface area contributed by atoms with Gasteiger partial charge in [0.2, 0.25) is 0 Å². The van der Waals surface area contributed by atoms with Gasteiger partial charge in [0, 0.05) is 13.1 Å². The van der Waals surface area contributed by atoms with Crippen LogP contribution in [0.1, 0.15) is 25.8 Å². The third-order valence-corrected chi connectivity index (χ3v) is 4.41. The molecule has 124 valence electrons. The maximum atomic E-state index is 12.5. The Bertz CT molecular complexity index is 539. The fourth-order valence-corrected chi connectivity index (χ4v) is 2.74. The first-order valence-electron chi connectivity index (χ1n) is 7.26. The Kier molecular flexibility index (Phi) is 6.53. The second kappa shape index (κ2) is 7.53. The van der Waals surface area contributed by atoms with E-state index in [1.807, 2.05) is 24.0 Å². The van der Waals surface area contributed by atoms with Gasteiger partial charge in [-0.2, -0.15) is 0 Å². The summed E-state index contributed by atoms with van der Waals surface area (Å²) in [6, 6.07) is 5.54. The molecule has 4 nitrogen and oxygen atoms in total. The normalized spacial score (nSPS) is 22.1. The molecular formula is C16H24Cl2N2O2. The van der Waals surface area contributed by atoms with Crippen molar-refractivity contribution in [3.05, 3.63) is 28.8 Å². The van der Waals surface area contributed by atoms with Gasteiger partial charge in [0.15, 0.2) is 6.10 Å². The minimum absolute atomic E-state index is 0. The van der Waals surface area contributed by atoms with E-state index in [1.54, 1.807) is 13.0 Å². The molecule has 1 saturated heterocycles. The van der Waals surface area contributed by atoms with E-state index in [0.717, 1.165) is 18.5 Å². The van der Waals surface area contributed by atoms with Crippen molar-refractivity contribution in [2.24, 2.45) is 11.1 Å². The van der Waals surface area contributed by atoms with E-state index in [4.69, 9.17) is 22.1 Å². The van der Waals surface area contributed by atoms with Gasteiger partial charge in [0.25, 0.3) is 5.91 Å². The number of nitrogens with zero attached hydrogens (tertiary/aromatic N) is 1. The average Bonchev–Trinajstić information content (AvgIpc) is 2.85. The smallest absolute Gasteiger partial charge is 0.263 e. The molecule has 1 aromatic carbocycles. The summed E-state index contributed by atoms with van der Waals surface area (Å²) in [5.41, 5.74) is 6.85. The summed E-state index contributed by atoms with van der Waals surface area (Å²) in [6.07, 6.45) is 0.386. The molecule has 2 atom stereocenters. The standard InChI is InChI=1S/C16H23ClN2O2.ClH/c1-11-4-5-13(17)14(8-11)21-12(2)15(20)19-7-6-16(3,9-18)10-19;/h4-5,8,12H,6-7,9-10,18H2,1-3H3;1H. The fraction of sp³-hybridized carbons (Fsp3) is 0.562. The molecule has 2 unspecified atom stereocenters. The molecule has 2 N–H and O–H groups in total. The predicted octanol–water partition coefficient (Wildman–Crippen LogP) is 3.03. The molecule has 1 heterocycles. The Morgan fingerprint density at radius 1 is 1.55 bits per heavy atom. The Labute approximate surface area is 143 Å². The number of carbonyl (C=O) groups is 1. The minimum atomic E-state index is -0.551. The van der Waals surface area contributed by atoms with E-state index in [-0.39, 0.29) is 23.7 Å². The quantitative estimate of drug-likeness (QED) is 0.911. The summed E-state index contributed by atoms with van der Waals surface area (Å²) in [5, 5.41) is 0.522. The van der Waals surface area contributed by atoms with Crippen molar-refractivity contribution in [2.45, 2.75) is 33.3 Å². The first-order valence-corrected chi connectivity index (χ1v) is 7.64. The van der Waals surface area contributed by atoms with Crippen LogP contribution in [0.3, 0.4) is 0 Å². The maximum Gasteiger partial charge on any atom is 0.263 e. The first kappa shape index (κ1) is 19.1. The monoisotopic (exact) mass is 346 g/mol. The highest BCUT2D eigenvalue weighted by molar-refractivity contribution is 6.32. The van der Waals surface area contributed by atoms with Crippen molar-refractivity contribution in [2.75, 3.05) is 19.6 Å². The lowest BCUT2D eigenvalue weighted by Crippen LogP contribution is -2.41. The first-order chi connectivity index (χ1) is 9.84. The number of ether oxygens (including phenoxy) is 1. The van der Waals surface area contributed by atoms with E-state index >= 15 is 0 Å². The summed E-state index contributed by atoms with van der Waals surface area (Å²) in [4.78, 5) is 14.3. The van der Waals surface area contributed by atoms with Gasteiger partial charge in [0.1, 0.15) is 5.75 Å². The molecule has 1 aliphatic heterocycles. The molecule has 22 heavy (non-hydrogen) atoms. The van der Waals surface area contributed by atoms with Gasteiger partial charge in [-0.15, -0.1) is 12.4 Å². The molecule has 0 spiro atoms. The number of hydrogen-bond acceptors (Lipinski definition) is 3. The van der Waals surface area contributed by atoms with Crippen molar-refractivity contribution >= 4 is 29.9 Å². The Morgan fingerprint density at radius 3 is 2.82 bits per heavy atom. The average molecular weight is 347 g/mol. The summed E-state index contributed by atoms with van der Waals surface area (Å²) in [6.45, 7) is 7.86. The summed E-state index contributed by atoms with van der Waals surface area (Å²) in [7, 11) is 0. The van der Waals surface area contributed by atoms with Crippen LogP contribution in [0.2, 0.25) is 5.02 Å². The highest BCUT2D eigenvalue weighted by Gasteiger charge is 2.36. The van der Waals surface area contributed by atoms with Crippen LogP contribution in [0.15, 0.2) is 18.2 Å². The number of aryl methyl sites for hydroxylation is 1. The van der Waals surface area contributed by atoms with E-state index in [0.29, 0.717) is 23.9 Å². The number of halogens is 2. The van der Waals surface area contributed by atoms with Crippen LogP contribution in [0.5, 0.6) is 5.75 Å². The molecule has 0 bridgehead atoms. The second-order valence-corrected chi connectivity index (χ2v) is 6.63. The molecule has 0 aliphatic carbocycles. The number of nitrogens with two attached hydrogens (primary N) is 1. The maximum absolute atomic E-state index is 12.5. The van der Waals surface area contributed by atoms with Crippen LogP contribution in [-0.2, 0) is 4.79 Å². The van der Waals surface area contributed by atoms with Crippen LogP contribution < -0.4 is 10.5 Å². The third-order valence-electron chi connectivity index (χ3n) is 4.10. The van der Waals surface area contributed by atoms with Crippen molar-refractivity contribution in [3.63, 3.8) is 0 Å². The number of carbonyl (C=O) groups excluding carboxylic acids is 1. The van der Waals surface area contributed by atoms with Gasteiger partial charge < -0.3 is 15.4 Å². The lowest BCUT2D eigenvalue weighted by molar-refractivity contribution is -0.137. The lowest BCUT2D eigenvalue weighted by Gasteiger charge is -2.25. The van der Waals surface area contributed by atoms with Crippen LogP contribution >= 0.6 is 24.0 Å². The fourth-order valence-electron chi connectivity index (χ4n) is 2.58. The van der Waals surface area contributed by atoms with Gasteiger partial charge >= 0.3 is 0 Å². The summed E-state index contributed by atoms with van der Waals surface area (Å²) >= 11 is 6.11. The highest BCUT2D eigenvalue weighted by Crippen LogP contribution is 2.30. The highest BCUT2D eigenvalue weighted by atomic mass is 35.5. The van der Waals surface area contributed by atoms with Crippen LogP contribution in [0.25, 0.3) is 0 Å². The molecule has 1 fully saturated rings. The van der Waals surface area contributed by atoms with Crippen molar-refractivity contribution in [1.29, 1.82) is 0 Å². The molecule has 2 rings (SSSR count). The summed E-state index contributed by atoms with van der Waals surface area (Å²) in [5.74, 6) is 0.544. The minimum Gasteiger partial charge on any atom is -0.479 e. The SMILES string of the molecule is Cc1ccc(Cl)c(OC(C)C(=O)N2CCC(C)(CN)C2)c1.Cl. The number of rotatable bonds is 4. The molecule has 6 heteroatoms. The number of likely N-dealkylation sites (tertiary alicyclic amines) is 1. The lowest BCUT2D eigenvalue weighted by atomic mass is 9.90. The number of hydrogen-bond donors (Lipinski definition) is 1. The van der Waals surface area contributed by atoms with Gasteiger partial charge in [0.05, 0.1) is 5.02 Å². The third kappa shape index (κ3) is 4.28. The molecule has 0 radical (unpaired) electrons. The topological polar surface area (TPSA) is 55.6 Å². The van der Waals surface area contributed by atoms with Crippen molar-refractivity contribution in [1.82, 2.24) is 4.90 Å². The Balaban J connectivity index is 0.00000242. The van der Waals surface area contributed by atoms with Crippen LogP contribution in [0, 0.1) is 12.3 Å². The largest absolute Gasteiger partial charge is 0.479 e. The number of benzene rings is 1. The molecule has 1 amide bonds. The van der Waals surface area contributed by atoms with Crippen LogP contribution in [0.4, 0.5) is 0 Å². The zero-order valence-electron chi connectivity index (χ0n) is 13.3. The van der Waals surface area contributed by atoms with E-state index in [2.05, 4.69) is 6.92 Å². The predicted molar refractivity (Wildman–Crippen MR) is 91.9 cm³/mol. The summed E-state index contributed by atoms with van der Waals surface area (Å²) < 4.78 is 5.75.